The maximum absolute atomic E-state index is 13.5. The third-order valence-electron chi connectivity index (χ3n) is 3.73. The second kappa shape index (κ2) is 8.30. The van der Waals surface area contributed by atoms with Crippen LogP contribution >= 0.6 is 11.8 Å². The standard InChI is InChI=1S/C17H22FN3O2S/c1-11-5-6-14(9-15(11)18)20-16(22)10-24-17-19-12(2)13(3)21(17)7-8-23-4/h5-6,9H,7-8,10H2,1-4H3,(H,20,22). The maximum atomic E-state index is 13.5. The van der Waals surface area contributed by atoms with Gasteiger partial charge in [-0.05, 0) is 38.5 Å². The molecule has 0 aliphatic carbocycles. The fourth-order valence-corrected chi connectivity index (χ4v) is 3.10. The number of methoxy groups -OCH3 is 1. The number of nitrogens with zero attached hydrogens (tertiary/aromatic N) is 2. The zero-order valence-electron chi connectivity index (χ0n) is 14.4. The Morgan fingerprint density at radius 3 is 2.79 bits per heavy atom. The van der Waals surface area contributed by atoms with E-state index in [0.29, 0.717) is 24.4 Å². The molecule has 130 valence electrons. The average molecular weight is 351 g/mol. The summed E-state index contributed by atoms with van der Waals surface area (Å²) in [5, 5.41) is 3.49. The summed E-state index contributed by atoms with van der Waals surface area (Å²) in [6.45, 7) is 6.89. The van der Waals surface area contributed by atoms with Gasteiger partial charge in [-0.15, -0.1) is 0 Å². The van der Waals surface area contributed by atoms with Crippen molar-refractivity contribution in [3.05, 3.63) is 41.0 Å². The number of ether oxygens (including phenoxy) is 1. The number of rotatable bonds is 7. The third kappa shape index (κ3) is 4.58. The van der Waals surface area contributed by atoms with E-state index in [4.69, 9.17) is 4.74 Å². The van der Waals surface area contributed by atoms with Crippen molar-refractivity contribution in [2.45, 2.75) is 32.5 Å². The van der Waals surface area contributed by atoms with E-state index < -0.39 is 0 Å². The molecule has 0 fully saturated rings. The average Bonchev–Trinajstić information content (AvgIpc) is 2.81. The number of carbonyl (C=O) groups is 1. The van der Waals surface area contributed by atoms with Crippen molar-refractivity contribution in [2.24, 2.45) is 0 Å². The molecule has 0 radical (unpaired) electrons. The Hall–Kier alpha value is -1.86. The van der Waals surface area contributed by atoms with Gasteiger partial charge in [-0.2, -0.15) is 0 Å². The summed E-state index contributed by atoms with van der Waals surface area (Å²) in [4.78, 5) is 16.6. The number of imidazole rings is 1. The molecule has 1 aromatic heterocycles. The molecule has 2 aromatic rings. The normalized spacial score (nSPS) is 10.9. The molecule has 1 amide bonds. The fraction of sp³-hybridized carbons (Fsp3) is 0.412. The minimum Gasteiger partial charge on any atom is -0.383 e. The Morgan fingerprint density at radius 1 is 1.38 bits per heavy atom. The van der Waals surface area contributed by atoms with Crippen LogP contribution in [0.15, 0.2) is 23.4 Å². The Labute approximate surface area is 145 Å². The largest absolute Gasteiger partial charge is 0.383 e. The van der Waals surface area contributed by atoms with Gasteiger partial charge in [0, 0.05) is 25.0 Å². The molecule has 24 heavy (non-hydrogen) atoms. The second-order valence-electron chi connectivity index (χ2n) is 5.51. The van der Waals surface area contributed by atoms with Crippen molar-refractivity contribution < 1.29 is 13.9 Å². The van der Waals surface area contributed by atoms with Crippen LogP contribution in [0, 0.1) is 26.6 Å². The van der Waals surface area contributed by atoms with Gasteiger partial charge in [-0.25, -0.2) is 9.37 Å². The lowest BCUT2D eigenvalue weighted by Gasteiger charge is -2.09. The number of benzene rings is 1. The summed E-state index contributed by atoms with van der Waals surface area (Å²) in [5.74, 6) is -0.320. The minimum absolute atomic E-state index is 0.195. The zero-order chi connectivity index (χ0) is 17.7. The van der Waals surface area contributed by atoms with E-state index in [9.17, 15) is 9.18 Å². The molecule has 0 spiro atoms. The van der Waals surface area contributed by atoms with Crippen LogP contribution in [0.4, 0.5) is 10.1 Å². The summed E-state index contributed by atoms with van der Waals surface area (Å²) in [6, 6.07) is 4.66. The predicted octanol–water partition coefficient (Wildman–Crippen LogP) is 3.32. The van der Waals surface area contributed by atoms with Crippen molar-refractivity contribution in [3.63, 3.8) is 0 Å². The summed E-state index contributed by atoms with van der Waals surface area (Å²) in [5.41, 5.74) is 3.01. The van der Waals surface area contributed by atoms with Gasteiger partial charge in [-0.3, -0.25) is 4.79 Å². The van der Waals surface area contributed by atoms with Gasteiger partial charge < -0.3 is 14.6 Å². The molecule has 1 N–H and O–H groups in total. The number of amides is 1. The van der Waals surface area contributed by atoms with Gasteiger partial charge in [0.1, 0.15) is 5.82 Å². The Kier molecular flexibility index (Phi) is 6.39. The van der Waals surface area contributed by atoms with Gasteiger partial charge in [0.25, 0.3) is 0 Å². The number of aromatic nitrogens is 2. The number of hydrogen-bond acceptors (Lipinski definition) is 4. The molecule has 0 atom stereocenters. The Bertz CT molecular complexity index is 731. The van der Waals surface area contributed by atoms with Crippen molar-refractivity contribution in [3.8, 4) is 0 Å². The van der Waals surface area contributed by atoms with Crippen LogP contribution in [-0.2, 0) is 16.1 Å². The minimum atomic E-state index is -0.332. The molecule has 1 aromatic carbocycles. The molecular formula is C17H22FN3O2S. The monoisotopic (exact) mass is 351 g/mol. The number of thioether (sulfide) groups is 1. The van der Waals surface area contributed by atoms with E-state index in [-0.39, 0.29) is 17.5 Å². The Balaban J connectivity index is 1.98. The SMILES string of the molecule is COCCn1c(SCC(=O)Nc2ccc(C)c(F)c2)nc(C)c1C. The Morgan fingerprint density at radius 2 is 2.12 bits per heavy atom. The van der Waals surface area contributed by atoms with Gasteiger partial charge in [0.2, 0.25) is 5.91 Å². The smallest absolute Gasteiger partial charge is 0.234 e. The summed E-state index contributed by atoms with van der Waals surface area (Å²) >= 11 is 1.36. The predicted molar refractivity (Wildman–Crippen MR) is 94.1 cm³/mol. The van der Waals surface area contributed by atoms with Crippen molar-refractivity contribution in [1.29, 1.82) is 0 Å². The highest BCUT2D eigenvalue weighted by atomic mass is 32.2. The molecule has 0 aliphatic heterocycles. The van der Waals surface area contributed by atoms with Crippen LogP contribution in [-0.4, -0.2) is 34.9 Å². The number of hydrogen-bond donors (Lipinski definition) is 1. The lowest BCUT2D eigenvalue weighted by atomic mass is 10.2. The van der Waals surface area contributed by atoms with Crippen LogP contribution in [0.1, 0.15) is 17.0 Å². The highest BCUT2D eigenvalue weighted by Crippen LogP contribution is 2.21. The number of nitrogens with one attached hydrogen (secondary N) is 1. The van der Waals surface area contributed by atoms with Gasteiger partial charge in [-0.1, -0.05) is 17.8 Å². The first-order valence-corrected chi connectivity index (χ1v) is 8.62. The molecular weight excluding hydrogens is 329 g/mol. The third-order valence-corrected chi connectivity index (χ3v) is 4.71. The second-order valence-corrected chi connectivity index (χ2v) is 6.45. The van der Waals surface area contributed by atoms with E-state index in [1.54, 1.807) is 26.2 Å². The molecule has 0 unspecified atom stereocenters. The molecule has 0 saturated heterocycles. The summed E-state index contributed by atoms with van der Waals surface area (Å²) in [6.07, 6.45) is 0. The van der Waals surface area contributed by atoms with Crippen LogP contribution < -0.4 is 5.32 Å². The van der Waals surface area contributed by atoms with E-state index >= 15 is 0 Å². The van der Waals surface area contributed by atoms with Crippen molar-refractivity contribution in [2.75, 3.05) is 24.8 Å². The molecule has 0 saturated carbocycles. The van der Waals surface area contributed by atoms with Crippen LogP contribution in [0.3, 0.4) is 0 Å². The molecule has 0 bridgehead atoms. The van der Waals surface area contributed by atoms with E-state index in [0.717, 1.165) is 16.5 Å². The first-order chi connectivity index (χ1) is 11.4. The fourth-order valence-electron chi connectivity index (χ4n) is 2.18. The summed E-state index contributed by atoms with van der Waals surface area (Å²) in [7, 11) is 1.65. The highest BCUT2D eigenvalue weighted by Gasteiger charge is 2.13. The van der Waals surface area contributed by atoms with Crippen molar-refractivity contribution in [1.82, 2.24) is 9.55 Å². The summed E-state index contributed by atoms with van der Waals surface area (Å²) < 4.78 is 20.7. The molecule has 7 heteroatoms. The van der Waals surface area contributed by atoms with E-state index in [2.05, 4.69) is 10.3 Å². The topological polar surface area (TPSA) is 56.1 Å². The lowest BCUT2D eigenvalue weighted by molar-refractivity contribution is -0.113. The number of aryl methyl sites for hydroxylation is 2. The zero-order valence-corrected chi connectivity index (χ0v) is 15.2. The van der Waals surface area contributed by atoms with Crippen LogP contribution in [0.25, 0.3) is 0 Å². The molecule has 5 nitrogen and oxygen atoms in total. The van der Waals surface area contributed by atoms with E-state index in [1.165, 1.54) is 17.8 Å². The molecule has 1 heterocycles. The number of halogens is 1. The van der Waals surface area contributed by atoms with Crippen LogP contribution in [0.2, 0.25) is 0 Å². The van der Waals surface area contributed by atoms with Crippen LogP contribution in [0.5, 0.6) is 0 Å². The number of carbonyl (C=O) groups excluding carboxylic acids is 1. The maximum Gasteiger partial charge on any atom is 0.234 e. The molecule has 0 aliphatic rings. The lowest BCUT2D eigenvalue weighted by Crippen LogP contribution is -2.15. The van der Waals surface area contributed by atoms with Crippen molar-refractivity contribution >= 4 is 23.4 Å². The first kappa shape index (κ1) is 18.5. The van der Waals surface area contributed by atoms with Gasteiger partial charge in [0.05, 0.1) is 18.1 Å². The van der Waals surface area contributed by atoms with Gasteiger partial charge in [0.15, 0.2) is 5.16 Å². The number of anilines is 1. The molecule has 2 rings (SSSR count). The first-order valence-electron chi connectivity index (χ1n) is 7.64. The highest BCUT2D eigenvalue weighted by molar-refractivity contribution is 7.99. The van der Waals surface area contributed by atoms with Gasteiger partial charge >= 0.3 is 0 Å². The van der Waals surface area contributed by atoms with E-state index in [1.807, 2.05) is 18.4 Å². The quantitative estimate of drug-likeness (QED) is 0.778.